The van der Waals surface area contributed by atoms with Crippen molar-refractivity contribution in [1.29, 1.82) is 0 Å². The molecule has 2 saturated heterocycles. The number of carbonyl (C=O) groups excluding carboxylic acids is 1. The summed E-state index contributed by atoms with van der Waals surface area (Å²) in [4.78, 5) is 28.1. The van der Waals surface area contributed by atoms with E-state index in [4.69, 9.17) is 4.74 Å². The van der Waals surface area contributed by atoms with Gasteiger partial charge in [-0.05, 0) is 71.3 Å². The molecule has 46 heavy (non-hydrogen) atoms. The van der Waals surface area contributed by atoms with Gasteiger partial charge in [0, 0.05) is 68.4 Å². The summed E-state index contributed by atoms with van der Waals surface area (Å²) in [7, 11) is 0. The molecule has 2 aliphatic heterocycles. The van der Waals surface area contributed by atoms with Gasteiger partial charge in [0.1, 0.15) is 11.4 Å². The van der Waals surface area contributed by atoms with Crippen molar-refractivity contribution in [3.05, 3.63) is 63.2 Å². The number of carbonyl (C=O) groups is 1. The number of benzene rings is 1. The highest BCUT2D eigenvalue weighted by Crippen LogP contribution is 2.37. The Morgan fingerprint density at radius 1 is 1.07 bits per heavy atom. The van der Waals surface area contributed by atoms with Crippen molar-refractivity contribution in [2.45, 2.75) is 77.7 Å². The highest BCUT2D eigenvalue weighted by molar-refractivity contribution is 7.12. The van der Waals surface area contributed by atoms with Gasteiger partial charge >= 0.3 is 12.1 Å². The molecule has 1 aromatic carbocycles. The largest absolute Gasteiger partial charge is 0.460 e. The molecule has 0 amide bonds. The van der Waals surface area contributed by atoms with E-state index < -0.39 is 29.0 Å². The van der Waals surface area contributed by atoms with Crippen LogP contribution in [0, 0.1) is 11.6 Å². The van der Waals surface area contributed by atoms with Crippen molar-refractivity contribution in [2.24, 2.45) is 0 Å². The summed E-state index contributed by atoms with van der Waals surface area (Å²) in [5, 5.41) is 0.491. The van der Waals surface area contributed by atoms with Gasteiger partial charge in [0.15, 0.2) is 5.82 Å². The Labute approximate surface area is 270 Å². The lowest BCUT2D eigenvalue weighted by Gasteiger charge is -2.36. The van der Waals surface area contributed by atoms with Crippen LogP contribution in [0.4, 0.5) is 27.6 Å². The van der Waals surface area contributed by atoms with Gasteiger partial charge in [0.05, 0.1) is 34.1 Å². The topological polar surface area (TPSA) is 61.8 Å². The Morgan fingerprint density at radius 3 is 2.46 bits per heavy atom. The molecule has 3 aromatic rings. The van der Waals surface area contributed by atoms with Crippen molar-refractivity contribution >= 4 is 23.0 Å². The van der Waals surface area contributed by atoms with Gasteiger partial charge in [-0.25, -0.2) is 13.8 Å². The third-order valence-electron chi connectivity index (χ3n) is 8.30. The zero-order valence-electron chi connectivity index (χ0n) is 26.6. The van der Waals surface area contributed by atoms with Gasteiger partial charge in [0.25, 0.3) is 0 Å². The SMILES string of the molecule is C[C@@H]1CCCN1Cc1sc(Cc2nccc(N3CCN(CCC(=O)OC(C)(C)C)CC3)c2F)nc1-c1cc(F)cc(C(F)(F)F)c1. The van der Waals surface area contributed by atoms with E-state index in [9.17, 15) is 22.4 Å². The average molecular weight is 666 g/mol. The molecule has 0 unspecified atom stereocenters. The summed E-state index contributed by atoms with van der Waals surface area (Å²) in [6.07, 6.45) is -0.807. The summed E-state index contributed by atoms with van der Waals surface area (Å²) < 4.78 is 76.4. The van der Waals surface area contributed by atoms with Gasteiger partial charge in [-0.1, -0.05) is 0 Å². The Hall–Kier alpha value is -3.16. The van der Waals surface area contributed by atoms with Crippen LogP contribution in [0.25, 0.3) is 11.3 Å². The van der Waals surface area contributed by atoms with Gasteiger partial charge < -0.3 is 9.64 Å². The number of hydrogen-bond acceptors (Lipinski definition) is 8. The number of likely N-dealkylation sites (tertiary alicyclic amines) is 1. The first-order chi connectivity index (χ1) is 21.7. The van der Waals surface area contributed by atoms with E-state index in [1.165, 1.54) is 11.3 Å². The number of aromatic nitrogens is 2. The number of esters is 1. The maximum absolute atomic E-state index is 15.9. The third kappa shape index (κ3) is 8.60. The summed E-state index contributed by atoms with van der Waals surface area (Å²) >= 11 is 1.30. The van der Waals surface area contributed by atoms with Gasteiger partial charge in [0.2, 0.25) is 0 Å². The van der Waals surface area contributed by atoms with Gasteiger partial charge in [-0.15, -0.1) is 11.3 Å². The molecule has 13 heteroatoms. The number of anilines is 1. The first kappa shape index (κ1) is 34.2. The lowest BCUT2D eigenvalue weighted by atomic mass is 10.1. The van der Waals surface area contributed by atoms with Crippen LogP contribution in [-0.4, -0.2) is 76.6 Å². The second kappa shape index (κ2) is 13.9. The highest BCUT2D eigenvalue weighted by Gasteiger charge is 2.33. The summed E-state index contributed by atoms with van der Waals surface area (Å²) in [6.45, 7) is 11.9. The molecule has 2 fully saturated rings. The first-order valence-corrected chi connectivity index (χ1v) is 16.4. The fourth-order valence-electron chi connectivity index (χ4n) is 5.95. The number of rotatable bonds is 9. The van der Waals surface area contributed by atoms with E-state index in [0.29, 0.717) is 66.9 Å². The lowest BCUT2D eigenvalue weighted by molar-refractivity contribution is -0.155. The number of pyridine rings is 1. The second-order valence-electron chi connectivity index (χ2n) is 13.0. The monoisotopic (exact) mass is 665 g/mol. The van der Waals surface area contributed by atoms with E-state index in [1.54, 1.807) is 12.3 Å². The fraction of sp³-hybridized carbons (Fsp3) is 0.545. The summed E-state index contributed by atoms with van der Waals surface area (Å²) in [5.74, 6) is -1.71. The smallest absolute Gasteiger partial charge is 0.416 e. The number of hydrogen-bond donors (Lipinski definition) is 0. The maximum atomic E-state index is 15.9. The van der Waals surface area contributed by atoms with E-state index in [2.05, 4.69) is 26.7 Å². The summed E-state index contributed by atoms with van der Waals surface area (Å²) in [6, 6.07) is 4.40. The molecule has 2 aromatic heterocycles. The Bertz CT molecular complexity index is 1530. The minimum atomic E-state index is -4.71. The van der Waals surface area contributed by atoms with Crippen LogP contribution in [-0.2, 0) is 28.7 Å². The molecule has 5 rings (SSSR count). The molecule has 0 bridgehead atoms. The van der Waals surface area contributed by atoms with Gasteiger partial charge in [-0.3, -0.25) is 19.6 Å². The molecule has 0 spiro atoms. The molecule has 0 saturated carbocycles. The molecule has 0 N–H and O–H groups in total. The molecular formula is C33H40F5N5O2S. The molecular weight excluding hydrogens is 625 g/mol. The Morgan fingerprint density at radius 2 is 1.80 bits per heavy atom. The van der Waals surface area contributed by atoms with Crippen LogP contribution in [0.3, 0.4) is 0 Å². The predicted molar refractivity (Wildman–Crippen MR) is 168 cm³/mol. The molecule has 0 radical (unpaired) electrons. The standard InChI is InChI=1S/C33H40F5N5O2S/c1-21-6-5-10-43(21)20-27-31(22-16-23(33(36,37)38)18-24(34)17-22)40-28(46-27)19-25-30(35)26(7-9-39-25)42-14-12-41(13-15-42)11-8-29(44)45-32(2,3)4/h7,9,16-18,21H,5-6,8,10-15,19-20H2,1-4H3/t21-/m1/s1. The number of halogens is 5. The number of alkyl halides is 3. The quantitative estimate of drug-likeness (QED) is 0.182. The van der Waals surface area contributed by atoms with Crippen molar-refractivity contribution in [3.8, 4) is 11.3 Å². The normalized spacial score (nSPS) is 18.4. The van der Waals surface area contributed by atoms with Crippen molar-refractivity contribution in [3.63, 3.8) is 0 Å². The van der Waals surface area contributed by atoms with Crippen molar-refractivity contribution in [2.75, 3.05) is 44.2 Å². The second-order valence-corrected chi connectivity index (χ2v) is 14.2. The predicted octanol–water partition coefficient (Wildman–Crippen LogP) is 6.93. The minimum Gasteiger partial charge on any atom is -0.460 e. The molecule has 0 aliphatic carbocycles. The Balaban J connectivity index is 1.33. The van der Waals surface area contributed by atoms with Crippen molar-refractivity contribution < 1.29 is 31.5 Å². The van der Waals surface area contributed by atoms with E-state index >= 15 is 4.39 Å². The summed E-state index contributed by atoms with van der Waals surface area (Å²) in [5.41, 5.74) is -0.688. The van der Waals surface area contributed by atoms with Crippen LogP contribution in [0.5, 0.6) is 0 Å². The van der Waals surface area contributed by atoms with Crippen LogP contribution in [0.2, 0.25) is 0 Å². The molecule has 250 valence electrons. The number of nitrogens with zero attached hydrogens (tertiary/aromatic N) is 5. The van der Waals surface area contributed by atoms with Crippen molar-refractivity contribution in [1.82, 2.24) is 19.8 Å². The zero-order valence-corrected chi connectivity index (χ0v) is 27.4. The zero-order chi connectivity index (χ0) is 33.2. The number of thiazole rings is 1. The molecule has 2 aliphatic rings. The van der Waals surface area contributed by atoms with Crippen LogP contribution in [0.15, 0.2) is 30.5 Å². The van der Waals surface area contributed by atoms with Crippen LogP contribution >= 0.6 is 11.3 Å². The first-order valence-electron chi connectivity index (χ1n) is 15.6. The molecule has 1 atom stereocenters. The highest BCUT2D eigenvalue weighted by atomic mass is 32.1. The van der Waals surface area contributed by atoms with E-state index in [1.807, 2.05) is 25.7 Å². The number of ether oxygens (including phenoxy) is 1. The van der Waals surface area contributed by atoms with Crippen LogP contribution in [0.1, 0.15) is 68.1 Å². The fourth-order valence-corrected chi connectivity index (χ4v) is 7.07. The van der Waals surface area contributed by atoms with Crippen LogP contribution < -0.4 is 4.90 Å². The average Bonchev–Trinajstić information content (AvgIpc) is 3.57. The van der Waals surface area contributed by atoms with Gasteiger partial charge in [-0.2, -0.15) is 13.2 Å². The third-order valence-corrected chi connectivity index (χ3v) is 9.34. The Kier molecular flexibility index (Phi) is 10.3. The number of piperazine rings is 1. The lowest BCUT2D eigenvalue weighted by Crippen LogP contribution is -2.47. The maximum Gasteiger partial charge on any atom is 0.416 e. The van der Waals surface area contributed by atoms with E-state index in [-0.39, 0.29) is 35.8 Å². The minimum absolute atomic E-state index is 0.0448. The van der Waals surface area contributed by atoms with E-state index in [0.717, 1.165) is 31.5 Å². The molecule has 4 heterocycles. The molecule has 7 nitrogen and oxygen atoms in total.